The molecule has 0 heterocycles. The summed E-state index contributed by atoms with van der Waals surface area (Å²) >= 11 is 5.27. The molecule has 1 atom stereocenters. The number of nitrogens with one attached hydrogen (secondary N) is 2. The van der Waals surface area contributed by atoms with E-state index >= 15 is 0 Å². The summed E-state index contributed by atoms with van der Waals surface area (Å²) in [5.74, 6) is 0.542. The van der Waals surface area contributed by atoms with Crippen LogP contribution in [0.5, 0.6) is 0 Å². The molecule has 3 heteroatoms. The maximum atomic E-state index is 5.27. The molecule has 0 aliphatic rings. The van der Waals surface area contributed by atoms with E-state index in [4.69, 9.17) is 12.2 Å². The number of rotatable bonds is 4. The summed E-state index contributed by atoms with van der Waals surface area (Å²) in [6.45, 7) is 8.59. The highest BCUT2D eigenvalue weighted by Crippen LogP contribution is 2.26. The molecule has 0 aliphatic carbocycles. The second kappa shape index (κ2) is 6.60. The van der Waals surface area contributed by atoms with Crippen LogP contribution < -0.4 is 10.6 Å². The van der Waals surface area contributed by atoms with Crippen LogP contribution in [-0.4, -0.2) is 11.2 Å². The number of hydrogen-bond donors (Lipinski definition) is 2. The van der Waals surface area contributed by atoms with Crippen LogP contribution in [0.25, 0.3) is 0 Å². The lowest BCUT2D eigenvalue weighted by Crippen LogP contribution is -2.34. The molecule has 0 aromatic heterocycles. The number of anilines is 1. The van der Waals surface area contributed by atoms with Crippen LogP contribution in [0.2, 0.25) is 0 Å². The molecule has 1 aromatic rings. The SMILES string of the molecule is CCC(C)c1ccccc1NC(=S)NC(C)C. The van der Waals surface area contributed by atoms with E-state index in [2.05, 4.69) is 56.5 Å². The Balaban J connectivity index is 2.80. The Labute approximate surface area is 110 Å². The minimum Gasteiger partial charge on any atom is -0.360 e. The molecule has 1 unspecified atom stereocenters. The topological polar surface area (TPSA) is 24.1 Å². The molecule has 0 amide bonds. The first kappa shape index (κ1) is 14.0. The quantitative estimate of drug-likeness (QED) is 0.793. The van der Waals surface area contributed by atoms with Gasteiger partial charge in [-0.25, -0.2) is 0 Å². The summed E-state index contributed by atoms with van der Waals surface area (Å²) in [4.78, 5) is 0. The monoisotopic (exact) mass is 250 g/mol. The van der Waals surface area contributed by atoms with Crippen LogP contribution in [-0.2, 0) is 0 Å². The van der Waals surface area contributed by atoms with Crippen molar-refractivity contribution in [1.82, 2.24) is 5.32 Å². The zero-order valence-corrected chi connectivity index (χ0v) is 11.9. The van der Waals surface area contributed by atoms with E-state index in [1.807, 2.05) is 6.07 Å². The summed E-state index contributed by atoms with van der Waals surface area (Å²) in [6, 6.07) is 8.70. The van der Waals surface area contributed by atoms with Crippen molar-refractivity contribution in [3.63, 3.8) is 0 Å². The largest absolute Gasteiger partial charge is 0.360 e. The summed E-state index contributed by atoms with van der Waals surface area (Å²) in [6.07, 6.45) is 1.13. The average molecular weight is 250 g/mol. The van der Waals surface area contributed by atoms with Crippen LogP contribution >= 0.6 is 12.2 Å². The minimum absolute atomic E-state index is 0.353. The van der Waals surface area contributed by atoms with E-state index in [-0.39, 0.29) is 0 Å². The first-order chi connectivity index (χ1) is 8.04. The van der Waals surface area contributed by atoms with E-state index < -0.39 is 0 Å². The van der Waals surface area contributed by atoms with Crippen molar-refractivity contribution >= 4 is 23.0 Å². The zero-order chi connectivity index (χ0) is 12.8. The Hall–Kier alpha value is -1.09. The summed E-state index contributed by atoms with van der Waals surface area (Å²) in [5, 5.41) is 7.16. The Bertz CT molecular complexity index is 374. The molecular formula is C14H22N2S. The van der Waals surface area contributed by atoms with Crippen molar-refractivity contribution in [1.29, 1.82) is 0 Å². The molecule has 0 saturated heterocycles. The smallest absolute Gasteiger partial charge is 0.170 e. The van der Waals surface area contributed by atoms with Crippen molar-refractivity contribution in [3.8, 4) is 0 Å². The molecule has 1 rings (SSSR count). The Morgan fingerprint density at radius 1 is 1.24 bits per heavy atom. The number of hydrogen-bond acceptors (Lipinski definition) is 1. The van der Waals surface area contributed by atoms with Gasteiger partial charge in [-0.1, -0.05) is 32.0 Å². The van der Waals surface area contributed by atoms with Gasteiger partial charge in [0, 0.05) is 11.7 Å². The lowest BCUT2D eigenvalue weighted by molar-refractivity contribution is 0.731. The van der Waals surface area contributed by atoms with Gasteiger partial charge < -0.3 is 10.6 Å². The standard InChI is InChI=1S/C14H22N2S/c1-5-11(4)12-8-6-7-9-13(12)16-14(17)15-10(2)3/h6-11H,5H2,1-4H3,(H2,15,16,17). The molecule has 0 spiro atoms. The van der Waals surface area contributed by atoms with Crippen LogP contribution in [0.15, 0.2) is 24.3 Å². The Morgan fingerprint density at radius 3 is 2.47 bits per heavy atom. The second-order valence-corrected chi connectivity index (χ2v) is 5.06. The fraction of sp³-hybridized carbons (Fsp3) is 0.500. The van der Waals surface area contributed by atoms with Crippen molar-refractivity contribution in [2.24, 2.45) is 0 Å². The minimum atomic E-state index is 0.353. The van der Waals surface area contributed by atoms with Gasteiger partial charge in [0.15, 0.2) is 5.11 Å². The van der Waals surface area contributed by atoms with Crippen LogP contribution in [0.3, 0.4) is 0 Å². The van der Waals surface area contributed by atoms with E-state index in [0.717, 1.165) is 12.1 Å². The molecule has 0 fully saturated rings. The molecule has 0 radical (unpaired) electrons. The molecule has 0 aliphatic heterocycles. The summed E-state index contributed by atoms with van der Waals surface area (Å²) in [7, 11) is 0. The van der Waals surface area contributed by atoms with E-state index in [1.165, 1.54) is 5.56 Å². The maximum absolute atomic E-state index is 5.27. The molecule has 2 N–H and O–H groups in total. The van der Waals surface area contributed by atoms with E-state index in [9.17, 15) is 0 Å². The highest BCUT2D eigenvalue weighted by molar-refractivity contribution is 7.80. The normalized spacial score (nSPS) is 12.3. The van der Waals surface area contributed by atoms with Gasteiger partial charge in [-0.3, -0.25) is 0 Å². The highest BCUT2D eigenvalue weighted by Gasteiger charge is 2.09. The van der Waals surface area contributed by atoms with Gasteiger partial charge in [-0.15, -0.1) is 0 Å². The molecule has 0 saturated carbocycles. The van der Waals surface area contributed by atoms with Crippen LogP contribution in [0.4, 0.5) is 5.69 Å². The van der Waals surface area contributed by atoms with Crippen molar-refractivity contribution < 1.29 is 0 Å². The van der Waals surface area contributed by atoms with Gasteiger partial charge in [0.25, 0.3) is 0 Å². The molecule has 1 aromatic carbocycles. The third-order valence-corrected chi connectivity index (χ3v) is 2.99. The molecule has 2 nitrogen and oxygen atoms in total. The van der Waals surface area contributed by atoms with Gasteiger partial charge in [0.1, 0.15) is 0 Å². The van der Waals surface area contributed by atoms with Gasteiger partial charge in [0.05, 0.1) is 0 Å². The van der Waals surface area contributed by atoms with Gasteiger partial charge in [-0.2, -0.15) is 0 Å². The number of benzene rings is 1. The Kier molecular flexibility index (Phi) is 5.42. The second-order valence-electron chi connectivity index (χ2n) is 4.65. The number of para-hydroxylation sites is 1. The van der Waals surface area contributed by atoms with E-state index in [0.29, 0.717) is 17.1 Å². The summed E-state index contributed by atoms with van der Waals surface area (Å²) in [5.41, 5.74) is 2.43. The van der Waals surface area contributed by atoms with Crippen LogP contribution in [0.1, 0.15) is 45.6 Å². The predicted octanol–water partition coefficient (Wildman–Crippen LogP) is 3.89. The van der Waals surface area contributed by atoms with Gasteiger partial charge >= 0.3 is 0 Å². The lowest BCUT2D eigenvalue weighted by atomic mass is 9.97. The molecule has 94 valence electrons. The van der Waals surface area contributed by atoms with Crippen LogP contribution in [0, 0.1) is 0 Å². The highest BCUT2D eigenvalue weighted by atomic mass is 32.1. The molecule has 17 heavy (non-hydrogen) atoms. The first-order valence-electron chi connectivity index (χ1n) is 6.21. The molecular weight excluding hydrogens is 228 g/mol. The number of thiocarbonyl (C=S) groups is 1. The fourth-order valence-corrected chi connectivity index (χ4v) is 2.03. The van der Waals surface area contributed by atoms with Crippen molar-refractivity contribution in [2.45, 2.75) is 46.1 Å². The van der Waals surface area contributed by atoms with Gasteiger partial charge in [0.2, 0.25) is 0 Å². The predicted molar refractivity (Wildman–Crippen MR) is 79.6 cm³/mol. The van der Waals surface area contributed by atoms with Crippen molar-refractivity contribution in [3.05, 3.63) is 29.8 Å². The molecule has 0 bridgehead atoms. The fourth-order valence-electron chi connectivity index (χ4n) is 1.68. The van der Waals surface area contributed by atoms with Crippen molar-refractivity contribution in [2.75, 3.05) is 5.32 Å². The maximum Gasteiger partial charge on any atom is 0.170 e. The van der Waals surface area contributed by atoms with Gasteiger partial charge in [-0.05, 0) is 50.0 Å². The summed E-state index contributed by atoms with van der Waals surface area (Å²) < 4.78 is 0. The first-order valence-corrected chi connectivity index (χ1v) is 6.61. The third-order valence-electron chi connectivity index (χ3n) is 2.77. The average Bonchev–Trinajstić information content (AvgIpc) is 2.27. The van der Waals surface area contributed by atoms with E-state index in [1.54, 1.807) is 0 Å². The third kappa shape index (κ3) is 4.35. The Morgan fingerprint density at radius 2 is 1.88 bits per heavy atom. The lowest BCUT2D eigenvalue weighted by Gasteiger charge is -2.18. The zero-order valence-electron chi connectivity index (χ0n) is 11.1.